The molecule has 20 N–H and O–H groups in total. The molecule has 0 spiro atoms. The number of nitrogens with two attached hydrogens (primary N) is 6. The van der Waals surface area contributed by atoms with Gasteiger partial charge in [-0.2, -0.15) is 11.8 Å². The van der Waals surface area contributed by atoms with Gasteiger partial charge in [-0.15, -0.1) is 0 Å². The summed E-state index contributed by atoms with van der Waals surface area (Å²) in [5.74, 6) is -3.78. The fourth-order valence-corrected chi connectivity index (χ4v) is 3.34. The van der Waals surface area contributed by atoms with Crippen LogP contribution >= 0.6 is 11.8 Å². The Morgan fingerprint density at radius 3 is 1.57 bits per heavy atom. The Labute approximate surface area is 280 Å². The average Bonchev–Trinajstić information content (AvgIpc) is 3.54. The van der Waals surface area contributed by atoms with E-state index in [1.54, 1.807) is 25.6 Å². The van der Waals surface area contributed by atoms with Gasteiger partial charge in [-0.3, -0.25) is 29.4 Å². The van der Waals surface area contributed by atoms with Gasteiger partial charge in [-0.05, 0) is 76.0 Å². The molecule has 1 fully saturated rings. The van der Waals surface area contributed by atoms with Gasteiger partial charge < -0.3 is 70.6 Å². The van der Waals surface area contributed by atoms with Crippen LogP contribution in [0.3, 0.4) is 0 Å². The highest BCUT2D eigenvalue weighted by Gasteiger charge is 2.20. The van der Waals surface area contributed by atoms with Crippen molar-refractivity contribution in [2.45, 2.75) is 95.4 Å². The molecule has 0 aromatic heterocycles. The van der Waals surface area contributed by atoms with Crippen molar-refractivity contribution in [1.29, 1.82) is 5.41 Å². The first kappa shape index (κ1) is 50.6. The van der Waals surface area contributed by atoms with E-state index < -0.39 is 54.0 Å². The van der Waals surface area contributed by atoms with E-state index in [9.17, 15) is 24.0 Å². The molecule has 0 aromatic carbocycles. The lowest BCUT2D eigenvalue weighted by atomic mass is 10.1. The van der Waals surface area contributed by atoms with E-state index in [1.807, 2.05) is 6.26 Å². The SMILES string of the molecule is CC(C)C(N)C(=O)O.CSCCC(N)C(=O)O.N=C(N)NCCCC(N)C(=O)O.NCCCCC(N)C(=O)O.O=C(O)[C@@H]1CCCN1. The Balaban J connectivity index is -0.000000248. The van der Waals surface area contributed by atoms with Crippen molar-refractivity contribution in [3.8, 4) is 0 Å². The molecule has 4 unspecified atom stereocenters. The van der Waals surface area contributed by atoms with E-state index in [-0.39, 0.29) is 17.9 Å². The minimum Gasteiger partial charge on any atom is -0.480 e. The number of carboxylic acid groups (broad SMARTS) is 5. The average molecular weight is 702 g/mol. The third-order valence-electron chi connectivity index (χ3n) is 5.92. The fraction of sp³-hybridized carbons (Fsp3) is 0.778. The molecule has 1 saturated heterocycles. The third kappa shape index (κ3) is 37.1. The summed E-state index contributed by atoms with van der Waals surface area (Å²) in [6.07, 6.45) is 7.40. The number of carbonyl (C=O) groups is 5. The van der Waals surface area contributed by atoms with Crippen molar-refractivity contribution >= 4 is 47.6 Å². The zero-order chi connectivity index (χ0) is 37.5. The molecule has 0 aliphatic carbocycles. The molecule has 1 aliphatic heterocycles. The van der Waals surface area contributed by atoms with Gasteiger partial charge in [0.05, 0.1) is 0 Å². The van der Waals surface area contributed by atoms with E-state index in [4.69, 9.17) is 65.3 Å². The number of hydrogen-bond acceptors (Lipinski definition) is 13. The largest absolute Gasteiger partial charge is 0.480 e. The van der Waals surface area contributed by atoms with Crippen molar-refractivity contribution in [2.75, 3.05) is 31.6 Å². The smallest absolute Gasteiger partial charge is 0.320 e. The van der Waals surface area contributed by atoms with Crippen LogP contribution in [0.2, 0.25) is 0 Å². The third-order valence-corrected chi connectivity index (χ3v) is 6.57. The normalized spacial score (nSPS) is 15.6. The Morgan fingerprint density at radius 1 is 0.830 bits per heavy atom. The maximum Gasteiger partial charge on any atom is 0.320 e. The molecule has 0 aromatic rings. The molecule has 1 aliphatic rings. The molecule has 0 saturated carbocycles. The number of nitrogens with one attached hydrogen (secondary N) is 3. The summed E-state index contributed by atoms with van der Waals surface area (Å²) in [7, 11) is 0. The van der Waals surface area contributed by atoms with Crippen LogP contribution in [0.5, 0.6) is 0 Å². The summed E-state index contributed by atoms with van der Waals surface area (Å²) >= 11 is 1.60. The van der Waals surface area contributed by atoms with E-state index in [0.717, 1.165) is 38.0 Å². The maximum absolute atomic E-state index is 10.2. The van der Waals surface area contributed by atoms with E-state index >= 15 is 0 Å². The lowest BCUT2D eigenvalue weighted by molar-refractivity contribution is -0.140. The number of thioether (sulfide) groups is 1. The monoisotopic (exact) mass is 701 g/mol. The van der Waals surface area contributed by atoms with E-state index in [0.29, 0.717) is 38.8 Å². The summed E-state index contributed by atoms with van der Waals surface area (Å²) < 4.78 is 0. The van der Waals surface area contributed by atoms with Gasteiger partial charge in [0.2, 0.25) is 0 Å². The predicted molar refractivity (Wildman–Crippen MR) is 181 cm³/mol. The second kappa shape index (κ2) is 32.7. The van der Waals surface area contributed by atoms with Crippen molar-refractivity contribution in [1.82, 2.24) is 10.6 Å². The molecule has 0 radical (unpaired) electrons. The number of rotatable bonds is 17. The van der Waals surface area contributed by atoms with Gasteiger partial charge in [0.25, 0.3) is 0 Å². The Hall–Kier alpha value is -3.27. The van der Waals surface area contributed by atoms with Crippen molar-refractivity contribution in [3.63, 3.8) is 0 Å². The lowest BCUT2D eigenvalue weighted by Crippen LogP contribution is -2.34. The summed E-state index contributed by atoms with van der Waals surface area (Å²) in [5, 5.41) is 53.7. The summed E-state index contributed by atoms with van der Waals surface area (Å²) in [6, 6.07) is -3.20. The standard InChI is InChI=1S/C6H14N4O2.C6H14N2O2.C5H11NO2S.C5H9NO2.C5H11NO2/c7-4(5(11)12)2-1-3-10-6(8)9;7-4-2-1-3-5(8)6(9)10;1-9-3-2-4(6)5(7)8;7-5(8)4-2-1-3-6-4;1-3(2)4(6)5(7)8/h4H,1-3,7H2,(H,11,12)(H4,8,9,10);5H,1-4,7-8H2,(H,9,10);4H,2-3,6H2,1H3,(H,7,8);4,6H,1-3H2,(H,7,8);3-4H,6H2,1-2H3,(H,7,8)/t;;;4-;/m...0./s1. The highest BCUT2D eigenvalue weighted by Crippen LogP contribution is 2.03. The minimum absolute atomic E-state index is 0.0208. The number of hydrogen-bond donors (Lipinski definition) is 14. The molecule has 0 amide bonds. The van der Waals surface area contributed by atoms with Gasteiger partial charge in [-0.1, -0.05) is 20.3 Å². The van der Waals surface area contributed by atoms with Crippen LogP contribution in [-0.2, 0) is 24.0 Å². The van der Waals surface area contributed by atoms with Crippen LogP contribution < -0.4 is 45.0 Å². The van der Waals surface area contributed by atoms with Crippen LogP contribution in [0.1, 0.15) is 65.2 Å². The van der Waals surface area contributed by atoms with E-state index in [1.165, 1.54) is 0 Å². The topological polar surface area (TPSA) is 391 Å². The van der Waals surface area contributed by atoms with Crippen LogP contribution in [0.4, 0.5) is 0 Å². The Kier molecular flexibility index (Phi) is 35.2. The van der Waals surface area contributed by atoms with Crippen LogP contribution in [0.15, 0.2) is 0 Å². The predicted octanol–water partition coefficient (Wildman–Crippen LogP) is -1.78. The van der Waals surface area contributed by atoms with Gasteiger partial charge in [0.1, 0.15) is 30.2 Å². The van der Waals surface area contributed by atoms with Crippen molar-refractivity contribution in [3.05, 3.63) is 0 Å². The van der Waals surface area contributed by atoms with Crippen LogP contribution in [0, 0.1) is 11.3 Å². The van der Waals surface area contributed by atoms with Crippen molar-refractivity contribution in [2.24, 2.45) is 40.3 Å². The number of unbranched alkanes of at least 4 members (excludes halogenated alkanes) is 1. The number of aliphatic carboxylic acids is 5. The van der Waals surface area contributed by atoms with Gasteiger partial charge in [-0.25, -0.2) is 0 Å². The van der Waals surface area contributed by atoms with Gasteiger partial charge in [0.15, 0.2) is 5.96 Å². The summed E-state index contributed by atoms with van der Waals surface area (Å²) in [6.45, 7) is 5.50. The second-order valence-corrected chi connectivity index (χ2v) is 11.5. The zero-order valence-electron chi connectivity index (χ0n) is 27.6. The summed E-state index contributed by atoms with van der Waals surface area (Å²) in [4.78, 5) is 50.6. The first-order valence-electron chi connectivity index (χ1n) is 14.9. The Bertz CT molecular complexity index is 870. The molecule has 20 heteroatoms. The minimum atomic E-state index is -1.00. The molecule has 47 heavy (non-hydrogen) atoms. The molecule has 1 heterocycles. The number of guanidine groups is 1. The summed E-state index contributed by atoms with van der Waals surface area (Å²) in [5.41, 5.74) is 31.0. The molecule has 1 rings (SSSR count). The number of carboxylic acids is 5. The van der Waals surface area contributed by atoms with Crippen molar-refractivity contribution < 1.29 is 49.5 Å². The zero-order valence-corrected chi connectivity index (χ0v) is 28.4. The maximum atomic E-state index is 10.2. The first-order chi connectivity index (χ1) is 21.8. The van der Waals surface area contributed by atoms with Gasteiger partial charge in [0, 0.05) is 6.54 Å². The molecule has 278 valence electrons. The van der Waals surface area contributed by atoms with Gasteiger partial charge >= 0.3 is 29.8 Å². The lowest BCUT2D eigenvalue weighted by Gasteiger charge is -2.07. The van der Waals surface area contributed by atoms with E-state index in [2.05, 4.69) is 10.6 Å². The highest BCUT2D eigenvalue weighted by atomic mass is 32.2. The molecule has 5 atom stereocenters. The molecule has 19 nitrogen and oxygen atoms in total. The first-order valence-corrected chi connectivity index (χ1v) is 16.3. The second-order valence-electron chi connectivity index (χ2n) is 10.5. The molecular formula is C27H59N9O10S. The fourth-order valence-electron chi connectivity index (χ4n) is 2.85. The van der Waals surface area contributed by atoms with Crippen LogP contribution in [-0.4, -0.2) is 123 Å². The van der Waals surface area contributed by atoms with Crippen LogP contribution in [0.25, 0.3) is 0 Å². The molecule has 0 bridgehead atoms. The quantitative estimate of drug-likeness (QED) is 0.0452. The highest BCUT2D eigenvalue weighted by molar-refractivity contribution is 7.98. The Morgan fingerprint density at radius 2 is 1.30 bits per heavy atom. The molecular weight excluding hydrogens is 642 g/mol.